The van der Waals surface area contributed by atoms with Crippen molar-refractivity contribution in [2.24, 2.45) is 0 Å². The van der Waals surface area contributed by atoms with E-state index in [-0.39, 0.29) is 18.3 Å². The maximum atomic E-state index is 11.9. The van der Waals surface area contributed by atoms with E-state index in [1.807, 2.05) is 24.3 Å². The Hall–Kier alpha value is -1.26. The van der Waals surface area contributed by atoms with Gasteiger partial charge in [-0.3, -0.25) is 4.79 Å². The Kier molecular flexibility index (Phi) is 7.41. The summed E-state index contributed by atoms with van der Waals surface area (Å²) in [5.74, 6) is 0.981. The van der Waals surface area contributed by atoms with Crippen molar-refractivity contribution in [3.63, 3.8) is 0 Å². The van der Waals surface area contributed by atoms with E-state index in [0.717, 1.165) is 43.7 Å². The van der Waals surface area contributed by atoms with Crippen LogP contribution in [0, 0.1) is 0 Å². The summed E-state index contributed by atoms with van der Waals surface area (Å²) in [6.45, 7) is 1.95. The van der Waals surface area contributed by atoms with E-state index in [2.05, 4.69) is 10.6 Å². The average Bonchev–Trinajstić information content (AvgIpc) is 2.46. The summed E-state index contributed by atoms with van der Waals surface area (Å²) in [6.07, 6.45) is 3.44. The number of aryl methyl sites for hydroxylation is 1. The number of carbonyl (C=O) groups excluding carboxylic acids is 1. The van der Waals surface area contributed by atoms with Crippen LogP contribution >= 0.6 is 12.4 Å². The number of rotatable bonds is 5. The molecule has 1 aromatic carbocycles. The average molecular weight is 299 g/mol. The highest BCUT2D eigenvalue weighted by atomic mass is 35.5. The summed E-state index contributed by atoms with van der Waals surface area (Å²) >= 11 is 0. The summed E-state index contributed by atoms with van der Waals surface area (Å²) < 4.78 is 5.29. The van der Waals surface area contributed by atoms with Crippen LogP contribution in [-0.2, 0) is 11.2 Å². The van der Waals surface area contributed by atoms with E-state index in [0.29, 0.717) is 12.5 Å². The Morgan fingerprint density at radius 3 is 2.95 bits per heavy atom. The molecule has 0 bridgehead atoms. The Balaban J connectivity index is 0.00000200. The van der Waals surface area contributed by atoms with Crippen LogP contribution in [0.1, 0.15) is 24.8 Å². The normalized spacial score (nSPS) is 17.9. The molecule has 0 saturated carbocycles. The standard InChI is InChI=1S/C15H22N2O2.ClH/c1-19-14-7-3-2-5-12(14)8-9-15(18)17-13-6-4-10-16-11-13;/h2-3,5,7,13,16H,4,6,8-11H2,1H3,(H,17,18);1H. The fourth-order valence-corrected chi connectivity index (χ4v) is 2.43. The van der Waals surface area contributed by atoms with E-state index in [1.54, 1.807) is 7.11 Å². The van der Waals surface area contributed by atoms with E-state index >= 15 is 0 Å². The first-order chi connectivity index (χ1) is 9.29. The fraction of sp³-hybridized carbons (Fsp3) is 0.533. The SMILES string of the molecule is COc1ccccc1CCC(=O)NC1CCCNC1.Cl. The molecule has 1 fully saturated rings. The van der Waals surface area contributed by atoms with Gasteiger partial charge in [0.25, 0.3) is 0 Å². The molecule has 1 aliphatic heterocycles. The molecule has 5 heteroatoms. The van der Waals surface area contributed by atoms with Crippen molar-refractivity contribution in [3.05, 3.63) is 29.8 Å². The number of hydrogen-bond donors (Lipinski definition) is 2. The molecule has 1 aliphatic rings. The van der Waals surface area contributed by atoms with Crippen molar-refractivity contribution in [1.82, 2.24) is 10.6 Å². The molecule has 1 unspecified atom stereocenters. The van der Waals surface area contributed by atoms with Crippen molar-refractivity contribution in [2.45, 2.75) is 31.7 Å². The Labute approximate surface area is 126 Å². The van der Waals surface area contributed by atoms with Crippen LogP contribution in [-0.4, -0.2) is 32.1 Å². The van der Waals surface area contributed by atoms with Gasteiger partial charge in [-0.25, -0.2) is 0 Å². The fourth-order valence-electron chi connectivity index (χ4n) is 2.43. The summed E-state index contributed by atoms with van der Waals surface area (Å²) in [6, 6.07) is 8.14. The quantitative estimate of drug-likeness (QED) is 0.873. The maximum Gasteiger partial charge on any atom is 0.220 e. The second-order valence-electron chi connectivity index (χ2n) is 4.92. The molecule has 2 rings (SSSR count). The number of piperidine rings is 1. The topological polar surface area (TPSA) is 50.4 Å². The highest BCUT2D eigenvalue weighted by Gasteiger charge is 2.15. The van der Waals surface area contributed by atoms with Crippen molar-refractivity contribution < 1.29 is 9.53 Å². The molecule has 0 aromatic heterocycles. The predicted molar refractivity (Wildman–Crippen MR) is 82.6 cm³/mol. The summed E-state index contributed by atoms with van der Waals surface area (Å²) in [7, 11) is 1.66. The van der Waals surface area contributed by atoms with Gasteiger partial charge < -0.3 is 15.4 Å². The molecule has 1 amide bonds. The van der Waals surface area contributed by atoms with Gasteiger partial charge in [-0.1, -0.05) is 18.2 Å². The second kappa shape index (κ2) is 8.82. The third-order valence-electron chi connectivity index (χ3n) is 3.48. The first kappa shape index (κ1) is 16.8. The van der Waals surface area contributed by atoms with Crippen LogP contribution in [0.2, 0.25) is 0 Å². The van der Waals surface area contributed by atoms with Crippen LogP contribution in [0.3, 0.4) is 0 Å². The van der Waals surface area contributed by atoms with Gasteiger partial charge in [0.2, 0.25) is 5.91 Å². The number of ether oxygens (including phenoxy) is 1. The number of para-hydroxylation sites is 1. The molecule has 112 valence electrons. The molecule has 0 aliphatic carbocycles. The minimum atomic E-state index is 0. The monoisotopic (exact) mass is 298 g/mol. The third-order valence-corrected chi connectivity index (χ3v) is 3.48. The van der Waals surface area contributed by atoms with Crippen LogP contribution < -0.4 is 15.4 Å². The van der Waals surface area contributed by atoms with Crippen molar-refractivity contribution in [3.8, 4) is 5.75 Å². The number of benzene rings is 1. The lowest BCUT2D eigenvalue weighted by Gasteiger charge is -2.23. The number of carbonyl (C=O) groups is 1. The molecule has 2 N–H and O–H groups in total. The van der Waals surface area contributed by atoms with Gasteiger partial charge >= 0.3 is 0 Å². The van der Waals surface area contributed by atoms with Crippen LogP contribution in [0.5, 0.6) is 5.75 Å². The summed E-state index contributed by atoms with van der Waals surface area (Å²) in [5.41, 5.74) is 1.09. The molecule has 4 nitrogen and oxygen atoms in total. The van der Waals surface area contributed by atoms with Gasteiger partial charge in [-0.15, -0.1) is 12.4 Å². The number of halogens is 1. The van der Waals surface area contributed by atoms with Gasteiger partial charge in [0.15, 0.2) is 0 Å². The number of nitrogens with one attached hydrogen (secondary N) is 2. The number of amides is 1. The first-order valence-electron chi connectivity index (χ1n) is 6.91. The molecule has 0 radical (unpaired) electrons. The molecule has 1 saturated heterocycles. The van der Waals surface area contributed by atoms with E-state index < -0.39 is 0 Å². The Morgan fingerprint density at radius 1 is 1.45 bits per heavy atom. The smallest absolute Gasteiger partial charge is 0.220 e. The van der Waals surface area contributed by atoms with Gasteiger partial charge in [-0.2, -0.15) is 0 Å². The molecule has 1 aromatic rings. The second-order valence-corrected chi connectivity index (χ2v) is 4.92. The predicted octanol–water partition coefficient (Wildman–Crippen LogP) is 1.92. The Bertz CT molecular complexity index is 420. The highest BCUT2D eigenvalue weighted by molar-refractivity contribution is 5.85. The lowest BCUT2D eigenvalue weighted by molar-refractivity contribution is -0.121. The molecular weight excluding hydrogens is 276 g/mol. The molecule has 20 heavy (non-hydrogen) atoms. The third kappa shape index (κ3) is 5.02. The van der Waals surface area contributed by atoms with Gasteiger partial charge in [-0.05, 0) is 37.4 Å². The van der Waals surface area contributed by atoms with Crippen LogP contribution in [0.4, 0.5) is 0 Å². The van der Waals surface area contributed by atoms with E-state index in [1.165, 1.54) is 0 Å². The van der Waals surface area contributed by atoms with Crippen LogP contribution in [0.25, 0.3) is 0 Å². The van der Waals surface area contributed by atoms with Crippen molar-refractivity contribution in [2.75, 3.05) is 20.2 Å². The summed E-state index contributed by atoms with van der Waals surface area (Å²) in [5, 5.41) is 6.38. The van der Waals surface area contributed by atoms with Gasteiger partial charge in [0.1, 0.15) is 5.75 Å². The Morgan fingerprint density at radius 2 is 2.25 bits per heavy atom. The maximum absolute atomic E-state index is 11.9. The zero-order chi connectivity index (χ0) is 13.5. The molecular formula is C15H23ClN2O2. The lowest BCUT2D eigenvalue weighted by atomic mass is 10.1. The minimum Gasteiger partial charge on any atom is -0.496 e. The molecule has 1 heterocycles. The van der Waals surface area contributed by atoms with Gasteiger partial charge in [0, 0.05) is 19.0 Å². The molecule has 0 spiro atoms. The highest BCUT2D eigenvalue weighted by Crippen LogP contribution is 2.18. The van der Waals surface area contributed by atoms with E-state index in [9.17, 15) is 4.79 Å². The number of hydrogen-bond acceptors (Lipinski definition) is 3. The lowest BCUT2D eigenvalue weighted by Crippen LogP contribution is -2.45. The van der Waals surface area contributed by atoms with E-state index in [4.69, 9.17) is 4.74 Å². The molecule has 1 atom stereocenters. The van der Waals surface area contributed by atoms with Crippen molar-refractivity contribution >= 4 is 18.3 Å². The van der Waals surface area contributed by atoms with Crippen LogP contribution in [0.15, 0.2) is 24.3 Å². The zero-order valence-corrected chi connectivity index (χ0v) is 12.7. The minimum absolute atomic E-state index is 0. The van der Waals surface area contributed by atoms with Crippen molar-refractivity contribution in [1.29, 1.82) is 0 Å². The largest absolute Gasteiger partial charge is 0.496 e. The van der Waals surface area contributed by atoms with Gasteiger partial charge in [0.05, 0.1) is 7.11 Å². The first-order valence-corrected chi connectivity index (χ1v) is 6.91. The number of methoxy groups -OCH3 is 1. The zero-order valence-electron chi connectivity index (χ0n) is 11.9. The summed E-state index contributed by atoms with van der Waals surface area (Å²) in [4.78, 5) is 11.9.